The van der Waals surface area contributed by atoms with Crippen molar-refractivity contribution in [2.45, 2.75) is 65.6 Å². The predicted molar refractivity (Wildman–Crippen MR) is 104 cm³/mol. The number of hydrogen-bond acceptors (Lipinski definition) is 4. The van der Waals surface area contributed by atoms with Crippen LogP contribution < -0.4 is 5.56 Å². The molecule has 7 heteroatoms. The van der Waals surface area contributed by atoms with Crippen LogP contribution in [0, 0.1) is 5.92 Å². The maximum Gasteiger partial charge on any atom is 0.276 e. The van der Waals surface area contributed by atoms with Gasteiger partial charge < -0.3 is 4.90 Å². The summed E-state index contributed by atoms with van der Waals surface area (Å²) in [5.41, 5.74) is 3.29. The zero-order chi connectivity index (χ0) is 19.3. The molecule has 27 heavy (non-hydrogen) atoms. The first-order valence-electron chi connectivity index (χ1n) is 10.0. The van der Waals surface area contributed by atoms with E-state index in [9.17, 15) is 9.59 Å². The van der Waals surface area contributed by atoms with Gasteiger partial charge in [-0.2, -0.15) is 0 Å². The Bertz CT molecular complexity index is 926. The summed E-state index contributed by atoms with van der Waals surface area (Å²) in [6, 6.07) is 2.39. The van der Waals surface area contributed by atoms with E-state index in [1.54, 1.807) is 4.52 Å². The van der Waals surface area contributed by atoms with E-state index in [0.29, 0.717) is 11.7 Å². The van der Waals surface area contributed by atoms with Crippen molar-refractivity contribution in [1.82, 2.24) is 24.4 Å². The molecule has 0 spiro atoms. The van der Waals surface area contributed by atoms with Gasteiger partial charge in [0, 0.05) is 43.2 Å². The summed E-state index contributed by atoms with van der Waals surface area (Å²) in [5, 5.41) is 3.25. The molecule has 0 unspecified atom stereocenters. The number of aromatic amines is 1. The second kappa shape index (κ2) is 6.78. The van der Waals surface area contributed by atoms with Gasteiger partial charge in [0.15, 0.2) is 5.65 Å². The Morgan fingerprint density at radius 2 is 2.04 bits per heavy atom. The van der Waals surface area contributed by atoms with Crippen LogP contribution in [0.15, 0.2) is 10.9 Å². The minimum atomic E-state index is -0.0230. The molecule has 2 aromatic rings. The van der Waals surface area contributed by atoms with E-state index in [2.05, 4.69) is 23.8 Å². The Balaban J connectivity index is 1.72. The molecule has 1 fully saturated rings. The zero-order valence-electron chi connectivity index (χ0n) is 16.7. The minimum Gasteiger partial charge on any atom is -0.334 e. The first-order valence-corrected chi connectivity index (χ1v) is 10.0. The van der Waals surface area contributed by atoms with Gasteiger partial charge in [-0.15, -0.1) is 0 Å². The topological polar surface area (TPSA) is 73.7 Å². The number of hydrogen-bond donors (Lipinski definition) is 1. The van der Waals surface area contributed by atoms with Crippen molar-refractivity contribution in [3.05, 3.63) is 33.4 Å². The Hall–Kier alpha value is -2.15. The second-order valence-corrected chi connectivity index (χ2v) is 8.41. The Kier molecular flexibility index (Phi) is 4.58. The second-order valence-electron chi connectivity index (χ2n) is 8.41. The van der Waals surface area contributed by atoms with E-state index < -0.39 is 0 Å². The summed E-state index contributed by atoms with van der Waals surface area (Å²) in [6.07, 6.45) is 2.64. The molecule has 0 aromatic carbocycles. The fourth-order valence-electron chi connectivity index (χ4n) is 4.33. The Morgan fingerprint density at radius 1 is 1.26 bits per heavy atom. The summed E-state index contributed by atoms with van der Waals surface area (Å²) in [5.74, 6) is 0.147. The van der Waals surface area contributed by atoms with Crippen LogP contribution in [0.1, 0.15) is 63.5 Å². The fraction of sp³-hybridized carbons (Fsp3) is 0.650. The molecule has 0 aliphatic carbocycles. The molecule has 1 saturated heterocycles. The maximum atomic E-state index is 13.0. The summed E-state index contributed by atoms with van der Waals surface area (Å²) in [4.78, 5) is 34.6. The highest BCUT2D eigenvalue weighted by atomic mass is 16.2. The van der Waals surface area contributed by atoms with Crippen molar-refractivity contribution in [3.8, 4) is 0 Å². The van der Waals surface area contributed by atoms with Crippen molar-refractivity contribution in [2.24, 2.45) is 5.92 Å². The highest BCUT2D eigenvalue weighted by molar-refractivity contribution is 5.78. The van der Waals surface area contributed by atoms with Crippen LogP contribution in [0.25, 0.3) is 5.65 Å². The van der Waals surface area contributed by atoms with Crippen LogP contribution in [-0.4, -0.2) is 49.4 Å². The van der Waals surface area contributed by atoms with Crippen LogP contribution in [0.3, 0.4) is 0 Å². The number of carbonyl (C=O) groups is 1. The van der Waals surface area contributed by atoms with Crippen molar-refractivity contribution in [2.75, 3.05) is 13.1 Å². The van der Waals surface area contributed by atoms with Crippen LogP contribution in [0.4, 0.5) is 0 Å². The summed E-state index contributed by atoms with van der Waals surface area (Å²) in [7, 11) is 0. The number of carbonyl (C=O) groups excluding carboxylic acids is 1. The number of fused-ring (bicyclic) bond motifs is 2. The molecule has 4 rings (SSSR count). The summed E-state index contributed by atoms with van der Waals surface area (Å²) in [6.45, 7) is 10.6. The minimum absolute atomic E-state index is 0.00406. The third-order valence-corrected chi connectivity index (χ3v) is 5.93. The average Bonchev–Trinajstić information content (AvgIpc) is 3.27. The average molecular weight is 371 g/mol. The molecule has 2 aliphatic rings. The Labute approximate surface area is 159 Å². The van der Waals surface area contributed by atoms with Crippen LogP contribution in [0.2, 0.25) is 0 Å². The number of amides is 1. The fourth-order valence-corrected chi connectivity index (χ4v) is 4.33. The third kappa shape index (κ3) is 3.08. The molecule has 146 valence electrons. The number of likely N-dealkylation sites (tertiary alicyclic amines) is 1. The van der Waals surface area contributed by atoms with Gasteiger partial charge in [-0.05, 0) is 33.1 Å². The van der Waals surface area contributed by atoms with Crippen LogP contribution >= 0.6 is 0 Å². The lowest BCUT2D eigenvalue weighted by molar-refractivity contribution is -0.135. The predicted octanol–water partition coefficient (Wildman–Crippen LogP) is 2.11. The molecule has 2 aromatic heterocycles. The van der Waals surface area contributed by atoms with Crippen molar-refractivity contribution >= 4 is 11.6 Å². The molecular formula is C20H29N5O2. The lowest BCUT2D eigenvalue weighted by atomic mass is 10.1. The van der Waals surface area contributed by atoms with E-state index in [4.69, 9.17) is 4.98 Å². The van der Waals surface area contributed by atoms with Crippen molar-refractivity contribution in [3.63, 3.8) is 0 Å². The molecular weight excluding hydrogens is 342 g/mol. The van der Waals surface area contributed by atoms with Crippen molar-refractivity contribution in [1.29, 1.82) is 0 Å². The highest BCUT2D eigenvalue weighted by Crippen LogP contribution is 2.32. The van der Waals surface area contributed by atoms with E-state index in [0.717, 1.165) is 55.8 Å². The van der Waals surface area contributed by atoms with E-state index in [1.165, 1.54) is 0 Å². The number of nitrogens with one attached hydrogen (secondary N) is 1. The Morgan fingerprint density at radius 3 is 2.74 bits per heavy atom. The van der Waals surface area contributed by atoms with Crippen LogP contribution in [-0.2, 0) is 17.8 Å². The zero-order valence-corrected chi connectivity index (χ0v) is 16.7. The van der Waals surface area contributed by atoms with Gasteiger partial charge in [0.25, 0.3) is 5.56 Å². The van der Waals surface area contributed by atoms with E-state index in [1.807, 2.05) is 24.8 Å². The molecule has 1 amide bonds. The summed E-state index contributed by atoms with van der Waals surface area (Å²) >= 11 is 0. The van der Waals surface area contributed by atoms with Gasteiger partial charge in [-0.1, -0.05) is 13.8 Å². The molecule has 0 bridgehead atoms. The number of H-pyrrole nitrogens is 1. The van der Waals surface area contributed by atoms with Gasteiger partial charge in [0.2, 0.25) is 5.91 Å². The standard InChI is InChI=1S/C20H29N5O2/c1-12(2)19(26)24-8-5-6-17(24)15-10-18-21-16-11-23(13(3)4)9-7-14(16)20(27)25(18)22-15/h10,12-13,17,22H,5-9,11H2,1-4H3/t17-/m0/s1. The van der Waals surface area contributed by atoms with Gasteiger partial charge in [0.05, 0.1) is 17.4 Å². The molecule has 2 aliphatic heterocycles. The molecule has 0 saturated carbocycles. The molecule has 0 radical (unpaired) electrons. The molecule has 1 atom stereocenters. The van der Waals surface area contributed by atoms with Gasteiger partial charge in [0.1, 0.15) is 0 Å². The lowest BCUT2D eigenvalue weighted by Gasteiger charge is -2.30. The molecule has 7 nitrogen and oxygen atoms in total. The smallest absolute Gasteiger partial charge is 0.276 e. The normalized spacial score (nSPS) is 20.8. The lowest BCUT2D eigenvalue weighted by Crippen LogP contribution is -2.39. The SMILES string of the molecule is CC(C)C(=O)N1CCC[C@H]1c1cc2nc3c(c(=O)n2[nH]1)CCN(C(C)C)C3. The van der Waals surface area contributed by atoms with Gasteiger partial charge in [-0.25, -0.2) is 9.50 Å². The van der Waals surface area contributed by atoms with Gasteiger partial charge >= 0.3 is 0 Å². The maximum absolute atomic E-state index is 13.0. The highest BCUT2D eigenvalue weighted by Gasteiger charge is 2.33. The van der Waals surface area contributed by atoms with E-state index >= 15 is 0 Å². The van der Waals surface area contributed by atoms with Crippen molar-refractivity contribution < 1.29 is 4.79 Å². The number of rotatable bonds is 3. The quantitative estimate of drug-likeness (QED) is 0.897. The monoisotopic (exact) mass is 371 g/mol. The third-order valence-electron chi connectivity index (χ3n) is 5.93. The first kappa shape index (κ1) is 18.2. The molecule has 4 heterocycles. The first-order chi connectivity index (χ1) is 12.9. The largest absolute Gasteiger partial charge is 0.334 e. The van der Waals surface area contributed by atoms with Crippen LogP contribution in [0.5, 0.6) is 0 Å². The summed E-state index contributed by atoms with van der Waals surface area (Å²) < 4.78 is 1.57. The number of nitrogens with zero attached hydrogens (tertiary/aromatic N) is 4. The van der Waals surface area contributed by atoms with Gasteiger partial charge in [-0.3, -0.25) is 19.6 Å². The molecule has 1 N–H and O–H groups in total. The number of aromatic nitrogens is 3. The van der Waals surface area contributed by atoms with E-state index in [-0.39, 0.29) is 23.4 Å².